The fourth-order valence-electron chi connectivity index (χ4n) is 2.86. The maximum absolute atomic E-state index is 12.6. The summed E-state index contributed by atoms with van der Waals surface area (Å²) in [6.07, 6.45) is 0. The molecule has 0 aliphatic carbocycles. The third-order valence-electron chi connectivity index (χ3n) is 4.14. The summed E-state index contributed by atoms with van der Waals surface area (Å²) in [5.41, 5.74) is 1.72. The SMILES string of the molecule is CN(C)Cc1c(C(=O)NCCOc2ccc(C(=O)O)cc2)oc2ccccc12.[KH]. The average molecular weight is 423 g/mol. The van der Waals surface area contributed by atoms with Crippen LogP contribution in [0.15, 0.2) is 52.9 Å². The van der Waals surface area contributed by atoms with Crippen molar-refractivity contribution in [2.24, 2.45) is 0 Å². The van der Waals surface area contributed by atoms with Gasteiger partial charge in [-0.15, -0.1) is 0 Å². The van der Waals surface area contributed by atoms with Gasteiger partial charge in [-0.2, -0.15) is 0 Å². The maximum atomic E-state index is 12.6. The number of fused-ring (bicyclic) bond motifs is 1. The van der Waals surface area contributed by atoms with E-state index < -0.39 is 5.97 Å². The van der Waals surface area contributed by atoms with E-state index in [1.165, 1.54) is 12.1 Å². The number of furan rings is 1. The van der Waals surface area contributed by atoms with E-state index in [0.29, 0.717) is 23.6 Å². The summed E-state index contributed by atoms with van der Waals surface area (Å²) in [7, 11) is 3.87. The van der Waals surface area contributed by atoms with Gasteiger partial charge >= 0.3 is 57.4 Å². The van der Waals surface area contributed by atoms with Crippen LogP contribution in [0.1, 0.15) is 26.5 Å². The summed E-state index contributed by atoms with van der Waals surface area (Å²) in [6.45, 7) is 1.13. The summed E-state index contributed by atoms with van der Waals surface area (Å²) in [5.74, 6) is -0.437. The van der Waals surface area contributed by atoms with Crippen LogP contribution in [0, 0.1) is 0 Å². The minimum absolute atomic E-state index is 0. The van der Waals surface area contributed by atoms with E-state index in [1.807, 2.05) is 43.3 Å². The molecule has 3 rings (SSSR count). The molecule has 0 aliphatic heterocycles. The van der Waals surface area contributed by atoms with E-state index in [4.69, 9.17) is 14.3 Å². The molecule has 3 aromatic rings. The molecule has 0 radical (unpaired) electrons. The van der Waals surface area contributed by atoms with Crippen LogP contribution in [0.3, 0.4) is 0 Å². The van der Waals surface area contributed by atoms with Gasteiger partial charge in [-0.3, -0.25) is 4.79 Å². The second-order valence-electron chi connectivity index (χ2n) is 6.58. The number of rotatable bonds is 8. The first kappa shape index (κ1) is 23.6. The van der Waals surface area contributed by atoms with Crippen molar-refractivity contribution < 1.29 is 23.8 Å². The molecule has 0 spiro atoms. The molecular weight excluding hydrogens is 399 g/mol. The molecule has 2 N–H and O–H groups in total. The van der Waals surface area contributed by atoms with Crippen LogP contribution in [0.2, 0.25) is 0 Å². The first-order chi connectivity index (χ1) is 13.5. The summed E-state index contributed by atoms with van der Waals surface area (Å²) in [5, 5.41) is 12.6. The Morgan fingerprint density at radius 1 is 1.10 bits per heavy atom. The molecule has 0 atom stereocenters. The van der Waals surface area contributed by atoms with Gasteiger partial charge in [0.05, 0.1) is 12.1 Å². The molecule has 0 saturated heterocycles. The van der Waals surface area contributed by atoms with Crippen LogP contribution in [-0.2, 0) is 6.54 Å². The molecule has 29 heavy (non-hydrogen) atoms. The molecule has 0 unspecified atom stereocenters. The van der Waals surface area contributed by atoms with Crippen molar-refractivity contribution in [3.8, 4) is 5.75 Å². The molecule has 0 fully saturated rings. The second-order valence-corrected chi connectivity index (χ2v) is 6.58. The third-order valence-corrected chi connectivity index (χ3v) is 4.14. The number of benzene rings is 2. The van der Waals surface area contributed by atoms with Gasteiger partial charge in [0.15, 0.2) is 5.76 Å². The molecule has 0 saturated carbocycles. The molecule has 0 aliphatic rings. The van der Waals surface area contributed by atoms with Crippen LogP contribution >= 0.6 is 0 Å². The number of aromatic carboxylic acids is 1. The minimum atomic E-state index is -0.988. The van der Waals surface area contributed by atoms with Gasteiger partial charge in [0.25, 0.3) is 5.91 Å². The Balaban J connectivity index is 0.00000300. The monoisotopic (exact) mass is 422 g/mol. The summed E-state index contributed by atoms with van der Waals surface area (Å²) >= 11 is 0. The molecule has 148 valence electrons. The quantitative estimate of drug-likeness (QED) is 0.428. The Kier molecular flexibility index (Phi) is 8.88. The van der Waals surface area contributed by atoms with E-state index in [0.717, 1.165) is 10.9 Å². The molecule has 7 nitrogen and oxygen atoms in total. The van der Waals surface area contributed by atoms with Crippen molar-refractivity contribution >= 4 is 74.2 Å². The zero-order valence-electron chi connectivity index (χ0n) is 15.8. The molecule has 1 aromatic heterocycles. The van der Waals surface area contributed by atoms with Crippen LogP contribution < -0.4 is 10.1 Å². The summed E-state index contributed by atoms with van der Waals surface area (Å²) in [4.78, 5) is 25.4. The number of amides is 1. The van der Waals surface area contributed by atoms with E-state index in [2.05, 4.69) is 5.32 Å². The summed E-state index contributed by atoms with van der Waals surface area (Å²) in [6, 6.07) is 13.7. The fourth-order valence-corrected chi connectivity index (χ4v) is 2.86. The van der Waals surface area contributed by atoms with Crippen LogP contribution in [-0.4, -0.2) is 101 Å². The van der Waals surface area contributed by atoms with Crippen LogP contribution in [0.25, 0.3) is 11.0 Å². The van der Waals surface area contributed by atoms with E-state index in [9.17, 15) is 9.59 Å². The molecular formula is C21H23KN2O5. The first-order valence-corrected chi connectivity index (χ1v) is 8.85. The van der Waals surface area contributed by atoms with Crippen molar-refractivity contribution in [3.05, 3.63) is 65.4 Å². The second kappa shape index (κ2) is 10.9. The van der Waals surface area contributed by atoms with Crippen LogP contribution in [0.5, 0.6) is 5.75 Å². The Morgan fingerprint density at radius 2 is 1.79 bits per heavy atom. The third kappa shape index (κ3) is 6.15. The number of hydrogen-bond donors (Lipinski definition) is 2. The van der Waals surface area contributed by atoms with E-state index in [1.54, 1.807) is 12.1 Å². The number of nitrogens with one attached hydrogen (secondary N) is 1. The number of nitrogens with zero attached hydrogens (tertiary/aromatic N) is 1. The molecule has 1 heterocycles. The van der Waals surface area contributed by atoms with Crippen molar-refractivity contribution in [3.63, 3.8) is 0 Å². The Bertz CT molecular complexity index is 982. The van der Waals surface area contributed by atoms with Gasteiger partial charge in [0, 0.05) is 17.5 Å². The van der Waals surface area contributed by atoms with Gasteiger partial charge < -0.3 is 24.5 Å². The number of carboxylic acid groups (broad SMARTS) is 1. The topological polar surface area (TPSA) is 92.0 Å². The van der Waals surface area contributed by atoms with E-state index in [-0.39, 0.29) is 76.0 Å². The van der Waals surface area contributed by atoms with Crippen molar-refractivity contribution in [2.45, 2.75) is 6.54 Å². The molecule has 8 heteroatoms. The van der Waals surface area contributed by atoms with Gasteiger partial charge in [-0.1, -0.05) is 18.2 Å². The number of hydrogen-bond acceptors (Lipinski definition) is 5. The molecule has 1 amide bonds. The fraction of sp³-hybridized carbons (Fsp3) is 0.238. The molecule has 0 bridgehead atoms. The number of ether oxygens (including phenoxy) is 1. The number of carboxylic acids is 1. The first-order valence-electron chi connectivity index (χ1n) is 8.85. The Morgan fingerprint density at radius 3 is 2.45 bits per heavy atom. The van der Waals surface area contributed by atoms with Gasteiger partial charge in [0.1, 0.15) is 17.9 Å². The van der Waals surface area contributed by atoms with Crippen molar-refractivity contribution in [1.82, 2.24) is 10.2 Å². The van der Waals surface area contributed by atoms with Gasteiger partial charge in [-0.25, -0.2) is 4.79 Å². The van der Waals surface area contributed by atoms with Crippen molar-refractivity contribution in [1.29, 1.82) is 0 Å². The number of carbonyl (C=O) groups is 2. The van der Waals surface area contributed by atoms with Crippen molar-refractivity contribution in [2.75, 3.05) is 27.2 Å². The number of para-hydroxylation sites is 1. The summed E-state index contributed by atoms with van der Waals surface area (Å²) < 4.78 is 11.3. The van der Waals surface area contributed by atoms with E-state index >= 15 is 0 Å². The zero-order valence-corrected chi connectivity index (χ0v) is 15.8. The Labute approximate surface area is 211 Å². The van der Waals surface area contributed by atoms with Gasteiger partial charge in [-0.05, 0) is 44.4 Å². The van der Waals surface area contributed by atoms with Gasteiger partial charge in [0.2, 0.25) is 0 Å². The standard InChI is InChI=1S/C21H22N2O5.K.H/c1-23(2)13-17-16-5-3-4-6-18(16)28-19(17)20(24)22-11-12-27-15-9-7-14(8-10-15)21(25)26;;/h3-10H,11-13H2,1-2H3,(H,22,24)(H,25,26);;. The Hall–Kier alpha value is -1.68. The molecule has 2 aromatic carbocycles. The predicted molar refractivity (Wildman–Crippen MR) is 112 cm³/mol. The normalized spacial score (nSPS) is 10.6. The average Bonchev–Trinajstić information content (AvgIpc) is 3.03. The number of carbonyl (C=O) groups excluding carboxylic acids is 1. The predicted octanol–water partition coefficient (Wildman–Crippen LogP) is 2.35. The van der Waals surface area contributed by atoms with Crippen LogP contribution in [0.4, 0.5) is 0 Å². The zero-order chi connectivity index (χ0) is 20.1.